The lowest BCUT2D eigenvalue weighted by Crippen LogP contribution is -2.37. The maximum atomic E-state index is 13.3. The molecular weight excluding hydrogens is 446 g/mol. The Labute approximate surface area is 206 Å². The van der Waals surface area contributed by atoms with E-state index in [0.29, 0.717) is 45.0 Å². The molecule has 9 heteroatoms. The number of hydrogen-bond acceptors (Lipinski definition) is 5. The van der Waals surface area contributed by atoms with Gasteiger partial charge in [-0.3, -0.25) is 19.1 Å². The zero-order valence-electron chi connectivity index (χ0n) is 20.7. The number of fused-ring (bicyclic) bond motifs is 1. The summed E-state index contributed by atoms with van der Waals surface area (Å²) < 4.78 is 7.17. The summed E-state index contributed by atoms with van der Waals surface area (Å²) in [6.45, 7) is 7.66. The molecule has 2 aliphatic rings. The van der Waals surface area contributed by atoms with Crippen molar-refractivity contribution in [3.05, 3.63) is 52.8 Å². The Morgan fingerprint density at radius 2 is 2.00 bits per heavy atom. The number of hydrogen-bond donors (Lipinski definition) is 1. The molecular formula is C26H35N5O4. The van der Waals surface area contributed by atoms with Crippen molar-refractivity contribution >= 4 is 17.7 Å². The van der Waals surface area contributed by atoms with Gasteiger partial charge in [-0.1, -0.05) is 29.8 Å². The van der Waals surface area contributed by atoms with E-state index < -0.39 is 0 Å². The van der Waals surface area contributed by atoms with Gasteiger partial charge in [-0.05, 0) is 38.7 Å². The summed E-state index contributed by atoms with van der Waals surface area (Å²) in [5, 5.41) is 7.35. The monoisotopic (exact) mass is 481 g/mol. The molecule has 2 aromatic rings. The Balaban J connectivity index is 1.36. The van der Waals surface area contributed by atoms with Crippen LogP contribution in [0.15, 0.2) is 30.3 Å². The maximum absolute atomic E-state index is 13.3. The normalized spacial score (nSPS) is 17.7. The first-order valence-electron chi connectivity index (χ1n) is 12.5. The standard InChI is InChI=1S/C26H35N5O4/c1-3-29(14-11-24(32)27-17-21-6-4-15-35-21)25(33)22-16-23-26(34)30(12-5-13-31(23)28-22)18-20-9-7-19(2)8-10-20/h7-10,16,21H,3-6,11-15,17-18H2,1-2H3,(H,27,32). The van der Waals surface area contributed by atoms with E-state index in [9.17, 15) is 14.4 Å². The van der Waals surface area contributed by atoms with Gasteiger partial charge in [0, 0.05) is 58.4 Å². The van der Waals surface area contributed by atoms with Crippen LogP contribution >= 0.6 is 0 Å². The fraction of sp³-hybridized carbons (Fsp3) is 0.538. The first-order chi connectivity index (χ1) is 16.9. The third-order valence-electron chi connectivity index (χ3n) is 6.63. The molecule has 1 aromatic heterocycles. The average molecular weight is 482 g/mol. The van der Waals surface area contributed by atoms with Crippen LogP contribution in [0.3, 0.4) is 0 Å². The molecule has 3 heterocycles. The van der Waals surface area contributed by atoms with E-state index in [4.69, 9.17) is 4.74 Å². The van der Waals surface area contributed by atoms with Crippen LogP contribution in [-0.2, 0) is 22.6 Å². The Bertz CT molecular complexity index is 1040. The van der Waals surface area contributed by atoms with Crippen LogP contribution in [0.2, 0.25) is 0 Å². The second-order valence-electron chi connectivity index (χ2n) is 9.28. The molecule has 1 N–H and O–H groups in total. The number of aromatic nitrogens is 2. The molecule has 0 aliphatic carbocycles. The van der Waals surface area contributed by atoms with E-state index in [1.165, 1.54) is 5.56 Å². The van der Waals surface area contributed by atoms with Crippen LogP contribution in [0, 0.1) is 6.92 Å². The molecule has 1 atom stereocenters. The number of ether oxygens (including phenoxy) is 1. The highest BCUT2D eigenvalue weighted by Crippen LogP contribution is 2.18. The average Bonchev–Trinajstić information content (AvgIpc) is 3.51. The molecule has 1 fully saturated rings. The zero-order chi connectivity index (χ0) is 24.8. The summed E-state index contributed by atoms with van der Waals surface area (Å²) in [5.74, 6) is -0.488. The minimum atomic E-state index is -0.266. The van der Waals surface area contributed by atoms with Crippen molar-refractivity contribution in [2.45, 2.75) is 58.7 Å². The van der Waals surface area contributed by atoms with Gasteiger partial charge in [0.05, 0.1) is 6.10 Å². The Morgan fingerprint density at radius 3 is 2.71 bits per heavy atom. The lowest BCUT2D eigenvalue weighted by Gasteiger charge is -2.20. The Hall–Kier alpha value is -3.20. The summed E-state index contributed by atoms with van der Waals surface area (Å²) in [7, 11) is 0. The molecule has 2 aliphatic heterocycles. The van der Waals surface area contributed by atoms with Gasteiger partial charge in [0.2, 0.25) is 5.91 Å². The summed E-state index contributed by atoms with van der Waals surface area (Å²) in [6, 6.07) is 9.76. The van der Waals surface area contributed by atoms with Crippen molar-refractivity contribution in [1.29, 1.82) is 0 Å². The van der Waals surface area contributed by atoms with Crippen LogP contribution < -0.4 is 5.32 Å². The lowest BCUT2D eigenvalue weighted by atomic mass is 10.1. The van der Waals surface area contributed by atoms with Crippen LogP contribution in [0.4, 0.5) is 0 Å². The molecule has 4 rings (SSSR count). The minimum Gasteiger partial charge on any atom is -0.376 e. The van der Waals surface area contributed by atoms with Crippen molar-refractivity contribution in [3.63, 3.8) is 0 Å². The number of rotatable bonds is 9. The summed E-state index contributed by atoms with van der Waals surface area (Å²) in [6.07, 6.45) is 3.06. The Morgan fingerprint density at radius 1 is 1.20 bits per heavy atom. The van der Waals surface area contributed by atoms with E-state index in [-0.39, 0.29) is 35.9 Å². The van der Waals surface area contributed by atoms with Gasteiger partial charge in [0.1, 0.15) is 5.69 Å². The molecule has 1 saturated heterocycles. The molecule has 35 heavy (non-hydrogen) atoms. The molecule has 1 aromatic carbocycles. The van der Waals surface area contributed by atoms with Crippen molar-refractivity contribution in [2.75, 3.05) is 32.8 Å². The lowest BCUT2D eigenvalue weighted by molar-refractivity contribution is -0.121. The number of carbonyl (C=O) groups is 3. The van der Waals surface area contributed by atoms with Gasteiger partial charge < -0.3 is 19.9 Å². The largest absolute Gasteiger partial charge is 0.376 e. The van der Waals surface area contributed by atoms with E-state index in [2.05, 4.69) is 10.4 Å². The highest BCUT2D eigenvalue weighted by molar-refractivity contribution is 5.98. The molecule has 9 nitrogen and oxygen atoms in total. The van der Waals surface area contributed by atoms with Gasteiger partial charge in [-0.15, -0.1) is 0 Å². The summed E-state index contributed by atoms with van der Waals surface area (Å²) in [4.78, 5) is 42.1. The van der Waals surface area contributed by atoms with Crippen LogP contribution in [-0.4, -0.2) is 76.2 Å². The van der Waals surface area contributed by atoms with Crippen molar-refractivity contribution < 1.29 is 19.1 Å². The SMILES string of the molecule is CCN(CCC(=O)NCC1CCCO1)C(=O)c1cc2n(n1)CCCN(Cc1ccc(C)cc1)C2=O. The quantitative estimate of drug-likeness (QED) is 0.593. The maximum Gasteiger partial charge on any atom is 0.274 e. The van der Waals surface area contributed by atoms with Crippen molar-refractivity contribution in [2.24, 2.45) is 0 Å². The van der Waals surface area contributed by atoms with Gasteiger partial charge in [-0.25, -0.2) is 0 Å². The number of aryl methyl sites for hydroxylation is 2. The van der Waals surface area contributed by atoms with E-state index >= 15 is 0 Å². The highest BCUT2D eigenvalue weighted by Gasteiger charge is 2.28. The molecule has 1 unspecified atom stereocenters. The summed E-state index contributed by atoms with van der Waals surface area (Å²) >= 11 is 0. The van der Waals surface area contributed by atoms with Gasteiger partial charge >= 0.3 is 0 Å². The number of nitrogens with zero attached hydrogens (tertiary/aromatic N) is 4. The third-order valence-corrected chi connectivity index (χ3v) is 6.63. The smallest absolute Gasteiger partial charge is 0.274 e. The van der Waals surface area contributed by atoms with E-state index in [1.807, 2.05) is 43.0 Å². The number of amides is 3. The Kier molecular flexibility index (Phi) is 8.17. The second-order valence-corrected chi connectivity index (χ2v) is 9.28. The molecule has 3 amide bonds. The van der Waals surface area contributed by atoms with Gasteiger partial charge in [-0.2, -0.15) is 5.10 Å². The fourth-order valence-corrected chi connectivity index (χ4v) is 4.53. The van der Waals surface area contributed by atoms with Crippen LogP contribution in [0.25, 0.3) is 0 Å². The van der Waals surface area contributed by atoms with Gasteiger partial charge in [0.25, 0.3) is 11.8 Å². The minimum absolute atomic E-state index is 0.0897. The van der Waals surface area contributed by atoms with Crippen molar-refractivity contribution in [1.82, 2.24) is 24.9 Å². The number of benzene rings is 1. The zero-order valence-corrected chi connectivity index (χ0v) is 20.7. The number of carbonyl (C=O) groups excluding carboxylic acids is 3. The fourth-order valence-electron chi connectivity index (χ4n) is 4.53. The second kappa shape index (κ2) is 11.5. The van der Waals surface area contributed by atoms with Crippen molar-refractivity contribution in [3.8, 4) is 0 Å². The van der Waals surface area contributed by atoms with E-state index in [0.717, 1.165) is 31.4 Å². The van der Waals surface area contributed by atoms with Crippen LogP contribution in [0.5, 0.6) is 0 Å². The highest BCUT2D eigenvalue weighted by atomic mass is 16.5. The number of nitrogens with one attached hydrogen (secondary N) is 1. The molecule has 0 saturated carbocycles. The van der Waals surface area contributed by atoms with Gasteiger partial charge in [0.15, 0.2) is 5.69 Å². The predicted molar refractivity (Wildman–Crippen MR) is 131 cm³/mol. The molecule has 0 bridgehead atoms. The first kappa shape index (κ1) is 24.9. The third kappa shape index (κ3) is 6.28. The summed E-state index contributed by atoms with van der Waals surface area (Å²) in [5.41, 5.74) is 2.93. The van der Waals surface area contributed by atoms with Crippen LogP contribution in [0.1, 0.15) is 64.7 Å². The molecule has 0 radical (unpaired) electrons. The van der Waals surface area contributed by atoms with E-state index in [1.54, 1.807) is 15.6 Å². The molecule has 0 spiro atoms. The topological polar surface area (TPSA) is 96.8 Å². The molecule has 188 valence electrons. The first-order valence-corrected chi connectivity index (χ1v) is 12.5. The predicted octanol–water partition coefficient (Wildman–Crippen LogP) is 2.39.